The molecule has 2 heterocycles. The van der Waals surface area contributed by atoms with Crippen LogP contribution in [0.2, 0.25) is 0 Å². The summed E-state index contributed by atoms with van der Waals surface area (Å²) in [7, 11) is 0. The minimum atomic E-state index is 0.720. The fourth-order valence-electron chi connectivity index (χ4n) is 2.61. The first-order valence-corrected chi connectivity index (χ1v) is 6.52. The summed E-state index contributed by atoms with van der Waals surface area (Å²) < 4.78 is 2.29. The van der Waals surface area contributed by atoms with Gasteiger partial charge in [0.2, 0.25) is 0 Å². The lowest BCUT2D eigenvalue weighted by Crippen LogP contribution is -2.28. The Kier molecular flexibility index (Phi) is 2.91. The molecule has 1 aromatic rings. The molecule has 0 aromatic carbocycles. The summed E-state index contributed by atoms with van der Waals surface area (Å²) in [6.07, 6.45) is 9.61. The predicted octanol–water partition coefficient (Wildman–Crippen LogP) is 1.55. The van der Waals surface area contributed by atoms with Crippen molar-refractivity contribution in [3.63, 3.8) is 0 Å². The Morgan fingerprint density at radius 2 is 2.06 bits per heavy atom. The van der Waals surface area contributed by atoms with Gasteiger partial charge in [-0.05, 0) is 51.1 Å². The van der Waals surface area contributed by atoms with Gasteiger partial charge in [0.15, 0.2) is 0 Å². The average molecular weight is 220 g/mol. The largest absolute Gasteiger partial charge is 0.317 e. The monoisotopic (exact) mass is 220 g/mol. The van der Waals surface area contributed by atoms with Crippen molar-refractivity contribution in [1.82, 2.24) is 20.1 Å². The van der Waals surface area contributed by atoms with Crippen molar-refractivity contribution in [1.29, 1.82) is 0 Å². The normalized spacial score (nSPS) is 22.5. The first kappa shape index (κ1) is 10.3. The van der Waals surface area contributed by atoms with E-state index in [0.29, 0.717) is 0 Å². The van der Waals surface area contributed by atoms with Gasteiger partial charge in [0, 0.05) is 12.5 Å². The quantitative estimate of drug-likeness (QED) is 0.837. The second-order valence-corrected chi connectivity index (χ2v) is 5.12. The molecule has 1 aliphatic heterocycles. The summed E-state index contributed by atoms with van der Waals surface area (Å²) in [4.78, 5) is 0. The molecular formula is C12H20N4. The molecule has 0 atom stereocenters. The number of nitrogens with zero attached hydrogens (tertiary/aromatic N) is 3. The molecule has 0 amide bonds. The fraction of sp³-hybridized carbons (Fsp3) is 0.833. The third kappa shape index (κ3) is 2.26. The highest BCUT2D eigenvalue weighted by molar-refractivity contribution is 4.95. The van der Waals surface area contributed by atoms with E-state index in [-0.39, 0.29) is 0 Å². The third-order valence-corrected chi connectivity index (χ3v) is 3.82. The minimum absolute atomic E-state index is 0.720. The number of hydrogen-bond acceptors (Lipinski definition) is 3. The minimum Gasteiger partial charge on any atom is -0.317 e. The van der Waals surface area contributed by atoms with Gasteiger partial charge in [-0.25, -0.2) is 0 Å². The van der Waals surface area contributed by atoms with Crippen LogP contribution in [0, 0.1) is 5.92 Å². The smallest absolute Gasteiger partial charge is 0.133 e. The molecule has 1 saturated carbocycles. The Morgan fingerprint density at radius 1 is 1.25 bits per heavy atom. The van der Waals surface area contributed by atoms with Gasteiger partial charge in [-0.3, -0.25) is 0 Å². The molecule has 2 aliphatic rings. The number of aromatic nitrogens is 3. The molecule has 1 N–H and O–H groups in total. The first-order valence-electron chi connectivity index (χ1n) is 6.52. The average Bonchev–Trinajstić information content (AvgIpc) is 3.07. The fourth-order valence-corrected chi connectivity index (χ4v) is 2.61. The Morgan fingerprint density at radius 3 is 2.81 bits per heavy atom. The number of aryl methyl sites for hydroxylation is 1. The van der Waals surface area contributed by atoms with Crippen molar-refractivity contribution in [2.75, 3.05) is 13.1 Å². The summed E-state index contributed by atoms with van der Waals surface area (Å²) in [5.74, 6) is 2.10. The zero-order chi connectivity index (χ0) is 10.8. The Labute approximate surface area is 96.4 Å². The van der Waals surface area contributed by atoms with Crippen molar-refractivity contribution >= 4 is 0 Å². The molecule has 1 aromatic heterocycles. The van der Waals surface area contributed by atoms with Crippen molar-refractivity contribution in [2.45, 2.75) is 44.6 Å². The van der Waals surface area contributed by atoms with E-state index in [4.69, 9.17) is 0 Å². The van der Waals surface area contributed by atoms with Crippen LogP contribution in [0.4, 0.5) is 0 Å². The summed E-state index contributed by atoms with van der Waals surface area (Å²) in [5.41, 5.74) is 0. The molecule has 4 nitrogen and oxygen atoms in total. The van der Waals surface area contributed by atoms with Gasteiger partial charge in [0.1, 0.15) is 12.2 Å². The Hall–Kier alpha value is -0.900. The topological polar surface area (TPSA) is 42.7 Å². The molecule has 3 rings (SSSR count). The number of hydrogen-bond donors (Lipinski definition) is 1. The second kappa shape index (κ2) is 4.53. The summed E-state index contributed by atoms with van der Waals surface area (Å²) in [6, 6.07) is 0.720. The molecule has 0 spiro atoms. The highest BCUT2D eigenvalue weighted by Gasteiger charge is 2.26. The molecular weight excluding hydrogens is 200 g/mol. The van der Waals surface area contributed by atoms with E-state index < -0.39 is 0 Å². The van der Waals surface area contributed by atoms with Gasteiger partial charge >= 0.3 is 0 Å². The lowest BCUT2D eigenvalue weighted by Gasteiger charge is -2.22. The van der Waals surface area contributed by atoms with Crippen LogP contribution in [0.5, 0.6) is 0 Å². The lowest BCUT2D eigenvalue weighted by atomic mass is 9.93. The second-order valence-electron chi connectivity index (χ2n) is 5.12. The first-order chi connectivity index (χ1) is 7.93. The summed E-state index contributed by atoms with van der Waals surface area (Å²) in [5, 5.41) is 11.7. The van der Waals surface area contributed by atoms with Crippen LogP contribution >= 0.6 is 0 Å². The lowest BCUT2D eigenvalue weighted by molar-refractivity contribution is 0.350. The predicted molar refractivity (Wildman–Crippen MR) is 62.2 cm³/mol. The summed E-state index contributed by atoms with van der Waals surface area (Å²) in [6.45, 7) is 2.39. The van der Waals surface area contributed by atoms with Crippen molar-refractivity contribution in [3.8, 4) is 0 Å². The van der Waals surface area contributed by atoms with Crippen LogP contribution in [-0.2, 0) is 6.42 Å². The van der Waals surface area contributed by atoms with Crippen LogP contribution in [0.3, 0.4) is 0 Å². The third-order valence-electron chi connectivity index (χ3n) is 3.82. The zero-order valence-corrected chi connectivity index (χ0v) is 9.73. The van der Waals surface area contributed by atoms with E-state index >= 15 is 0 Å². The highest BCUT2D eigenvalue weighted by atomic mass is 15.3. The van der Waals surface area contributed by atoms with Crippen molar-refractivity contribution < 1.29 is 0 Å². The van der Waals surface area contributed by atoms with Crippen molar-refractivity contribution in [3.05, 3.63) is 12.2 Å². The molecule has 0 bridgehead atoms. The zero-order valence-electron chi connectivity index (χ0n) is 9.73. The Bertz CT molecular complexity index is 337. The van der Waals surface area contributed by atoms with Gasteiger partial charge < -0.3 is 9.88 Å². The van der Waals surface area contributed by atoms with E-state index in [0.717, 1.165) is 18.4 Å². The van der Waals surface area contributed by atoms with Crippen molar-refractivity contribution in [2.24, 2.45) is 5.92 Å². The summed E-state index contributed by atoms with van der Waals surface area (Å²) >= 11 is 0. The van der Waals surface area contributed by atoms with E-state index in [1.807, 2.05) is 6.33 Å². The van der Waals surface area contributed by atoms with Crippen LogP contribution in [0.1, 0.15) is 44.0 Å². The number of nitrogens with one attached hydrogen (secondary N) is 1. The van der Waals surface area contributed by atoms with E-state index in [1.165, 1.54) is 51.0 Å². The van der Waals surface area contributed by atoms with Gasteiger partial charge in [-0.2, -0.15) is 0 Å². The maximum absolute atomic E-state index is 4.26. The van der Waals surface area contributed by atoms with Crippen LogP contribution in [0.25, 0.3) is 0 Å². The molecule has 16 heavy (non-hydrogen) atoms. The van der Waals surface area contributed by atoms with Crippen LogP contribution < -0.4 is 5.32 Å². The molecule has 0 unspecified atom stereocenters. The number of piperidine rings is 1. The van der Waals surface area contributed by atoms with Crippen LogP contribution in [-0.4, -0.2) is 27.9 Å². The maximum atomic E-state index is 4.26. The molecule has 0 radical (unpaired) electrons. The highest BCUT2D eigenvalue weighted by Crippen LogP contribution is 2.35. The van der Waals surface area contributed by atoms with Gasteiger partial charge in [-0.15, -0.1) is 10.2 Å². The molecule has 1 aliphatic carbocycles. The van der Waals surface area contributed by atoms with Gasteiger partial charge in [-0.1, -0.05) is 0 Å². The van der Waals surface area contributed by atoms with Crippen LogP contribution in [0.15, 0.2) is 6.33 Å². The van der Waals surface area contributed by atoms with E-state index in [2.05, 4.69) is 20.1 Å². The van der Waals surface area contributed by atoms with E-state index in [9.17, 15) is 0 Å². The maximum Gasteiger partial charge on any atom is 0.133 e. The molecule has 4 heteroatoms. The molecule has 2 fully saturated rings. The Balaban J connectivity index is 1.54. The van der Waals surface area contributed by atoms with Gasteiger partial charge in [0.05, 0.1) is 0 Å². The molecule has 1 saturated heterocycles. The van der Waals surface area contributed by atoms with E-state index in [1.54, 1.807) is 0 Å². The standard InChI is InChI=1S/C12H20N4/c1(10-5-7-13-8-6-10)4-12-15-14-9-16(12)11-2-3-11/h9-11,13H,1-8H2. The SMILES string of the molecule is c1nnc(CCC2CCNCC2)n1C1CC1. The van der Waals surface area contributed by atoms with Gasteiger partial charge in [0.25, 0.3) is 0 Å². The molecule has 88 valence electrons. The number of rotatable bonds is 4.